The van der Waals surface area contributed by atoms with Crippen molar-refractivity contribution >= 4 is 5.69 Å². The minimum atomic E-state index is -4.34. The molecule has 1 aromatic heterocycles. The lowest BCUT2D eigenvalue weighted by molar-refractivity contribution is -0.137. The van der Waals surface area contributed by atoms with Crippen molar-refractivity contribution in [2.75, 3.05) is 11.9 Å². The highest BCUT2D eigenvalue weighted by molar-refractivity contribution is 5.63. The zero-order chi connectivity index (χ0) is 14.2. The van der Waals surface area contributed by atoms with Crippen LogP contribution in [0.2, 0.25) is 0 Å². The van der Waals surface area contributed by atoms with Gasteiger partial charge in [0.1, 0.15) is 0 Å². The van der Waals surface area contributed by atoms with E-state index in [-0.39, 0.29) is 11.6 Å². The summed E-state index contributed by atoms with van der Waals surface area (Å²) in [5.74, 6) is -0.0396. The predicted molar refractivity (Wildman–Crippen MR) is 70.6 cm³/mol. The molecule has 0 saturated heterocycles. The van der Waals surface area contributed by atoms with E-state index < -0.39 is 11.7 Å². The first kappa shape index (κ1) is 13.0. The summed E-state index contributed by atoms with van der Waals surface area (Å²) in [5.41, 5.74) is 1.26. The van der Waals surface area contributed by atoms with Gasteiger partial charge in [-0.2, -0.15) is 13.2 Å². The monoisotopic (exact) mass is 278 g/mol. The molecule has 0 fully saturated rings. The summed E-state index contributed by atoms with van der Waals surface area (Å²) in [5, 5.41) is 2.90. The molecule has 20 heavy (non-hydrogen) atoms. The molecular weight excluding hydrogens is 265 g/mol. The van der Waals surface area contributed by atoms with Crippen LogP contribution in [0.1, 0.15) is 29.0 Å². The molecule has 0 bridgehead atoms. The normalized spacial score (nSPS) is 18.2. The molecule has 0 spiro atoms. The number of rotatable bonds is 1. The first-order chi connectivity index (χ1) is 9.57. The average Bonchev–Trinajstić information content (AvgIpc) is 2.46. The third-order valence-corrected chi connectivity index (χ3v) is 3.60. The van der Waals surface area contributed by atoms with Crippen LogP contribution in [-0.2, 0) is 6.18 Å². The zero-order valence-electron chi connectivity index (χ0n) is 10.6. The highest BCUT2D eigenvalue weighted by Gasteiger charge is 2.36. The average molecular weight is 278 g/mol. The molecule has 2 nitrogen and oxygen atoms in total. The largest absolute Gasteiger partial charge is 0.418 e. The molecule has 0 aliphatic carbocycles. The summed E-state index contributed by atoms with van der Waals surface area (Å²) in [4.78, 5) is 4.06. The highest BCUT2D eigenvalue weighted by Crippen LogP contribution is 2.43. The number of aromatic nitrogens is 1. The summed E-state index contributed by atoms with van der Waals surface area (Å²) >= 11 is 0. The number of anilines is 1. The minimum Gasteiger partial charge on any atom is -0.384 e. The van der Waals surface area contributed by atoms with Crippen LogP contribution in [0.15, 0.2) is 42.7 Å². The molecule has 0 saturated carbocycles. The van der Waals surface area contributed by atoms with Crippen molar-refractivity contribution < 1.29 is 13.2 Å². The highest BCUT2D eigenvalue weighted by atomic mass is 19.4. The van der Waals surface area contributed by atoms with Gasteiger partial charge in [-0.3, -0.25) is 4.98 Å². The lowest BCUT2D eigenvalue weighted by atomic mass is 9.84. The summed E-state index contributed by atoms with van der Waals surface area (Å²) in [6.07, 6.45) is -0.188. The van der Waals surface area contributed by atoms with Gasteiger partial charge in [-0.25, -0.2) is 0 Å². The first-order valence-corrected chi connectivity index (χ1v) is 6.41. The van der Waals surface area contributed by atoms with Crippen molar-refractivity contribution in [2.24, 2.45) is 0 Å². The van der Waals surface area contributed by atoms with Crippen LogP contribution in [-0.4, -0.2) is 11.5 Å². The lowest BCUT2D eigenvalue weighted by Gasteiger charge is -2.29. The maximum atomic E-state index is 13.1. The molecule has 0 radical (unpaired) electrons. The van der Waals surface area contributed by atoms with E-state index in [4.69, 9.17) is 0 Å². The van der Waals surface area contributed by atoms with E-state index in [1.807, 2.05) is 12.1 Å². The summed E-state index contributed by atoms with van der Waals surface area (Å²) < 4.78 is 39.2. The van der Waals surface area contributed by atoms with E-state index in [9.17, 15) is 13.2 Å². The second-order valence-electron chi connectivity index (χ2n) is 4.82. The van der Waals surface area contributed by atoms with Crippen LogP contribution in [0.5, 0.6) is 0 Å². The molecule has 104 valence electrons. The van der Waals surface area contributed by atoms with Gasteiger partial charge >= 0.3 is 6.18 Å². The van der Waals surface area contributed by atoms with Crippen molar-refractivity contribution in [1.82, 2.24) is 4.98 Å². The van der Waals surface area contributed by atoms with E-state index in [2.05, 4.69) is 10.3 Å². The van der Waals surface area contributed by atoms with Crippen LogP contribution in [0, 0.1) is 0 Å². The molecule has 3 rings (SSSR count). The number of hydrogen-bond donors (Lipinski definition) is 1. The Hall–Kier alpha value is -2.04. The molecule has 5 heteroatoms. The molecule has 1 aliphatic heterocycles. The number of pyridine rings is 1. The van der Waals surface area contributed by atoms with Gasteiger partial charge in [0.2, 0.25) is 0 Å². The van der Waals surface area contributed by atoms with Gasteiger partial charge in [0, 0.05) is 24.9 Å². The first-order valence-electron chi connectivity index (χ1n) is 6.41. The van der Waals surface area contributed by atoms with Crippen LogP contribution in [0.3, 0.4) is 0 Å². The quantitative estimate of drug-likeness (QED) is 0.851. The number of para-hydroxylation sites is 1. The number of hydrogen-bond acceptors (Lipinski definition) is 2. The smallest absolute Gasteiger partial charge is 0.384 e. The topological polar surface area (TPSA) is 24.9 Å². The summed E-state index contributed by atoms with van der Waals surface area (Å²) in [6.45, 7) is 0.527. The SMILES string of the molecule is FC(F)(F)c1cccc2c1NCCC2c1cccnc1. The fraction of sp³-hybridized carbons (Fsp3) is 0.267. The number of nitrogens with one attached hydrogen (secondary N) is 1. The lowest BCUT2D eigenvalue weighted by Crippen LogP contribution is -2.21. The summed E-state index contributed by atoms with van der Waals surface area (Å²) in [6, 6.07) is 8.07. The minimum absolute atomic E-state index is 0.0396. The van der Waals surface area contributed by atoms with Crippen LogP contribution >= 0.6 is 0 Å². The Morgan fingerprint density at radius 1 is 1.15 bits per heavy atom. The zero-order valence-corrected chi connectivity index (χ0v) is 10.6. The molecule has 2 heterocycles. The second-order valence-corrected chi connectivity index (χ2v) is 4.82. The van der Waals surface area contributed by atoms with Gasteiger partial charge in [-0.05, 0) is 29.7 Å². The predicted octanol–water partition coefficient (Wildman–Crippen LogP) is 4.05. The maximum absolute atomic E-state index is 13.1. The molecule has 1 N–H and O–H groups in total. The van der Waals surface area contributed by atoms with Gasteiger partial charge in [0.05, 0.1) is 11.3 Å². The van der Waals surface area contributed by atoms with Crippen molar-refractivity contribution in [3.05, 3.63) is 59.4 Å². The fourth-order valence-corrected chi connectivity index (χ4v) is 2.72. The number of benzene rings is 1. The van der Waals surface area contributed by atoms with E-state index >= 15 is 0 Å². The van der Waals surface area contributed by atoms with Crippen LogP contribution < -0.4 is 5.32 Å². The third kappa shape index (κ3) is 2.24. The Morgan fingerprint density at radius 3 is 2.70 bits per heavy atom. The number of fused-ring (bicyclic) bond motifs is 1. The Morgan fingerprint density at radius 2 is 2.00 bits per heavy atom. The van der Waals surface area contributed by atoms with Gasteiger partial charge < -0.3 is 5.32 Å². The maximum Gasteiger partial charge on any atom is 0.418 e. The molecule has 1 aromatic carbocycles. The molecule has 1 aliphatic rings. The van der Waals surface area contributed by atoms with Gasteiger partial charge in [0.25, 0.3) is 0 Å². The number of halogens is 3. The molecule has 0 amide bonds. The Balaban J connectivity index is 2.11. The standard InChI is InChI=1S/C15H13F3N2/c16-15(17,18)13-5-1-4-12-11(6-8-20-14(12)13)10-3-2-7-19-9-10/h1-5,7,9,11,20H,6,8H2. The fourth-order valence-electron chi connectivity index (χ4n) is 2.72. The van der Waals surface area contributed by atoms with Crippen molar-refractivity contribution in [3.8, 4) is 0 Å². The Bertz CT molecular complexity index is 608. The second kappa shape index (κ2) is 4.81. The Kier molecular flexibility index (Phi) is 3.12. The molecule has 1 unspecified atom stereocenters. The van der Waals surface area contributed by atoms with E-state index in [1.54, 1.807) is 18.5 Å². The van der Waals surface area contributed by atoms with Gasteiger partial charge in [-0.15, -0.1) is 0 Å². The summed E-state index contributed by atoms with van der Waals surface area (Å²) in [7, 11) is 0. The molecule has 1 atom stereocenters. The van der Waals surface area contributed by atoms with Crippen molar-refractivity contribution in [2.45, 2.75) is 18.5 Å². The van der Waals surface area contributed by atoms with Crippen LogP contribution in [0.4, 0.5) is 18.9 Å². The van der Waals surface area contributed by atoms with E-state index in [0.717, 1.165) is 18.1 Å². The van der Waals surface area contributed by atoms with E-state index in [0.29, 0.717) is 12.1 Å². The molecular formula is C15H13F3N2. The Labute approximate surface area is 114 Å². The van der Waals surface area contributed by atoms with Crippen LogP contribution in [0.25, 0.3) is 0 Å². The number of alkyl halides is 3. The van der Waals surface area contributed by atoms with Crippen molar-refractivity contribution in [1.29, 1.82) is 0 Å². The number of nitrogens with zero attached hydrogens (tertiary/aromatic N) is 1. The van der Waals surface area contributed by atoms with E-state index in [1.165, 1.54) is 6.07 Å². The van der Waals surface area contributed by atoms with Crippen molar-refractivity contribution in [3.63, 3.8) is 0 Å². The van der Waals surface area contributed by atoms with Gasteiger partial charge in [0.15, 0.2) is 0 Å². The van der Waals surface area contributed by atoms with Gasteiger partial charge in [-0.1, -0.05) is 18.2 Å². The molecule has 2 aromatic rings. The third-order valence-electron chi connectivity index (χ3n) is 3.60.